The summed E-state index contributed by atoms with van der Waals surface area (Å²) in [6, 6.07) is 6.17. The van der Waals surface area contributed by atoms with Crippen LogP contribution in [0, 0.1) is 11.8 Å². The Labute approximate surface area is 246 Å². The summed E-state index contributed by atoms with van der Waals surface area (Å²) in [5.74, 6) is -8.04. The zero-order valence-corrected chi connectivity index (χ0v) is 25.2. The molecule has 0 saturated heterocycles. The number of aliphatic hydroxyl groups excluding tert-OH is 1. The molecule has 10 nitrogen and oxygen atoms in total. The Morgan fingerprint density at radius 1 is 1.02 bits per heavy atom. The third kappa shape index (κ3) is 9.64. The highest BCUT2D eigenvalue weighted by Gasteiger charge is 2.53. The van der Waals surface area contributed by atoms with Gasteiger partial charge in [-0.1, -0.05) is 77.8 Å². The summed E-state index contributed by atoms with van der Waals surface area (Å²) in [7, 11) is 0. The maximum absolute atomic E-state index is 15.1. The molecule has 0 radical (unpaired) electrons. The van der Waals surface area contributed by atoms with E-state index in [1.807, 2.05) is 6.07 Å². The van der Waals surface area contributed by atoms with Gasteiger partial charge in [0.25, 0.3) is 5.91 Å². The molecule has 12 heteroatoms. The number of carbonyl (C=O) groups excluding carboxylic acids is 4. The molecule has 2 rings (SSSR count). The quantitative estimate of drug-likeness (QED) is 0.245. The lowest BCUT2D eigenvalue weighted by Gasteiger charge is -2.43. The van der Waals surface area contributed by atoms with Crippen molar-refractivity contribution in [3.05, 3.63) is 35.9 Å². The van der Waals surface area contributed by atoms with Crippen molar-refractivity contribution in [2.45, 2.75) is 103 Å². The van der Waals surface area contributed by atoms with E-state index in [0.717, 1.165) is 18.4 Å². The third-order valence-corrected chi connectivity index (χ3v) is 7.39. The second-order valence-corrected chi connectivity index (χ2v) is 11.4. The molecule has 1 aliphatic carbocycles. The van der Waals surface area contributed by atoms with Gasteiger partial charge in [0.2, 0.25) is 11.8 Å². The molecule has 1 aromatic carbocycles. The van der Waals surface area contributed by atoms with Crippen molar-refractivity contribution in [3.8, 4) is 0 Å². The molecule has 0 bridgehead atoms. The van der Waals surface area contributed by atoms with Crippen molar-refractivity contribution in [3.63, 3.8) is 0 Å². The number of hydrogen-bond acceptors (Lipinski definition) is 6. The van der Waals surface area contributed by atoms with Gasteiger partial charge in [-0.3, -0.25) is 14.4 Å². The zero-order valence-electron chi connectivity index (χ0n) is 25.2. The van der Waals surface area contributed by atoms with Crippen LogP contribution in [0.15, 0.2) is 30.3 Å². The van der Waals surface area contributed by atoms with Crippen LogP contribution in [0.2, 0.25) is 0 Å². The van der Waals surface area contributed by atoms with Crippen molar-refractivity contribution in [1.82, 2.24) is 20.9 Å². The van der Waals surface area contributed by atoms with Crippen molar-refractivity contribution in [2.24, 2.45) is 11.8 Å². The Balaban J connectivity index is 2.15. The monoisotopic (exact) mass is 596 g/mol. The lowest BCUT2D eigenvalue weighted by Crippen LogP contribution is -2.63. The van der Waals surface area contributed by atoms with Crippen LogP contribution in [0.25, 0.3) is 0 Å². The maximum Gasteiger partial charge on any atom is 0.408 e. The first kappa shape index (κ1) is 34.9. The van der Waals surface area contributed by atoms with E-state index in [1.165, 1.54) is 4.90 Å². The van der Waals surface area contributed by atoms with Gasteiger partial charge in [0.1, 0.15) is 18.8 Å². The van der Waals surface area contributed by atoms with Crippen molar-refractivity contribution < 1.29 is 37.8 Å². The molecule has 0 aliphatic heterocycles. The predicted molar refractivity (Wildman–Crippen MR) is 153 cm³/mol. The summed E-state index contributed by atoms with van der Waals surface area (Å²) < 4.78 is 35.5. The van der Waals surface area contributed by atoms with Gasteiger partial charge in [-0.25, -0.2) is 4.79 Å². The largest absolute Gasteiger partial charge is 0.445 e. The summed E-state index contributed by atoms with van der Waals surface area (Å²) in [5.41, 5.74) is 0.770. The van der Waals surface area contributed by atoms with Gasteiger partial charge in [-0.15, -0.1) is 0 Å². The fourth-order valence-corrected chi connectivity index (χ4v) is 5.13. The van der Waals surface area contributed by atoms with E-state index in [-0.39, 0.29) is 19.1 Å². The minimum Gasteiger partial charge on any atom is -0.445 e. The minimum atomic E-state index is -4.14. The Kier molecular flexibility index (Phi) is 13.6. The predicted octanol–water partition coefficient (Wildman–Crippen LogP) is 3.37. The molecular formula is C30H46F2N4O6. The van der Waals surface area contributed by atoms with E-state index in [0.29, 0.717) is 19.3 Å². The second kappa shape index (κ2) is 16.4. The molecular weight excluding hydrogens is 550 g/mol. The number of nitrogens with zero attached hydrogens (tertiary/aromatic N) is 1. The summed E-state index contributed by atoms with van der Waals surface area (Å²) in [6.45, 7) is 7.83. The first-order valence-corrected chi connectivity index (χ1v) is 14.7. The first-order chi connectivity index (χ1) is 19.8. The molecule has 1 aromatic rings. The summed E-state index contributed by atoms with van der Waals surface area (Å²) in [6.07, 6.45) is -0.176. The number of alkyl halides is 2. The molecule has 2 unspecified atom stereocenters. The Bertz CT molecular complexity index is 1030. The lowest BCUT2D eigenvalue weighted by molar-refractivity contribution is -0.180. The SMILES string of the molecule is CCCNC(=O)C(F)(F)C(O)C(C(C)C)N(C(=O)CNC(=O)[C@@H](NC(=O)OCc1ccccc1)C(C)C)C1CCCC1. The van der Waals surface area contributed by atoms with Gasteiger partial charge in [0, 0.05) is 12.6 Å². The van der Waals surface area contributed by atoms with E-state index in [4.69, 9.17) is 4.74 Å². The normalized spacial score (nSPS) is 16.0. The third-order valence-electron chi connectivity index (χ3n) is 7.39. The second-order valence-electron chi connectivity index (χ2n) is 11.4. The molecule has 0 spiro atoms. The van der Waals surface area contributed by atoms with E-state index in [9.17, 15) is 24.3 Å². The van der Waals surface area contributed by atoms with Crippen LogP contribution >= 0.6 is 0 Å². The van der Waals surface area contributed by atoms with Gasteiger partial charge in [-0.2, -0.15) is 8.78 Å². The van der Waals surface area contributed by atoms with E-state index in [2.05, 4.69) is 16.0 Å². The van der Waals surface area contributed by atoms with Crippen molar-refractivity contribution in [2.75, 3.05) is 13.1 Å². The highest BCUT2D eigenvalue weighted by molar-refractivity contribution is 5.90. The van der Waals surface area contributed by atoms with E-state index >= 15 is 8.78 Å². The zero-order chi connectivity index (χ0) is 31.4. The minimum absolute atomic E-state index is 0.00790. The molecule has 3 atom stereocenters. The molecule has 42 heavy (non-hydrogen) atoms. The Hall–Kier alpha value is -3.28. The number of halogens is 2. The fourth-order valence-electron chi connectivity index (χ4n) is 5.13. The molecule has 236 valence electrons. The number of benzene rings is 1. The number of nitrogens with one attached hydrogen (secondary N) is 3. The number of amides is 4. The van der Waals surface area contributed by atoms with Crippen LogP contribution in [0.3, 0.4) is 0 Å². The van der Waals surface area contributed by atoms with Crippen LogP contribution in [0.1, 0.15) is 72.3 Å². The fraction of sp³-hybridized carbons (Fsp3) is 0.667. The van der Waals surface area contributed by atoms with Crippen LogP contribution in [-0.2, 0) is 25.7 Å². The topological polar surface area (TPSA) is 137 Å². The van der Waals surface area contributed by atoms with Gasteiger partial charge in [-0.05, 0) is 36.7 Å². The van der Waals surface area contributed by atoms with E-state index < -0.39 is 66.4 Å². The Morgan fingerprint density at radius 3 is 2.19 bits per heavy atom. The number of carbonyl (C=O) groups is 4. The standard InChI is InChI=1S/C30H46F2N4O6/c1-6-16-33-28(40)30(31,32)26(38)25(20(4)5)36(22-14-10-11-15-22)23(37)17-34-27(39)24(19(2)3)35-29(41)42-18-21-12-8-7-9-13-21/h7-9,12-13,19-20,22,24-26,38H,6,10-11,14-18H2,1-5H3,(H,33,40)(H,34,39)(H,35,41)/t24-,25?,26?/m0/s1. The van der Waals surface area contributed by atoms with Crippen molar-refractivity contribution in [1.29, 1.82) is 0 Å². The number of hydrogen-bond donors (Lipinski definition) is 4. The highest BCUT2D eigenvalue weighted by Crippen LogP contribution is 2.33. The number of alkyl carbamates (subject to hydrolysis) is 1. The van der Waals surface area contributed by atoms with Crippen LogP contribution in [0.4, 0.5) is 13.6 Å². The van der Waals surface area contributed by atoms with Gasteiger partial charge in [0.15, 0.2) is 0 Å². The van der Waals surface area contributed by atoms with Crippen molar-refractivity contribution >= 4 is 23.8 Å². The summed E-state index contributed by atoms with van der Waals surface area (Å²) in [5, 5.41) is 18.0. The molecule has 1 saturated carbocycles. The number of ether oxygens (including phenoxy) is 1. The molecule has 0 heterocycles. The highest BCUT2D eigenvalue weighted by atomic mass is 19.3. The van der Waals surface area contributed by atoms with Gasteiger partial charge in [0.05, 0.1) is 12.6 Å². The van der Waals surface area contributed by atoms with Gasteiger partial charge < -0.3 is 30.7 Å². The molecule has 0 aromatic heterocycles. The molecule has 4 amide bonds. The van der Waals surface area contributed by atoms with Crippen LogP contribution < -0.4 is 16.0 Å². The smallest absolute Gasteiger partial charge is 0.408 e. The molecule has 4 N–H and O–H groups in total. The maximum atomic E-state index is 15.1. The van der Waals surface area contributed by atoms with Gasteiger partial charge >= 0.3 is 12.0 Å². The number of rotatable bonds is 15. The average Bonchev–Trinajstić information content (AvgIpc) is 3.49. The van der Waals surface area contributed by atoms with Crippen LogP contribution in [-0.4, -0.2) is 77.1 Å². The number of aliphatic hydroxyl groups is 1. The first-order valence-electron chi connectivity index (χ1n) is 14.7. The van der Waals surface area contributed by atoms with E-state index in [1.54, 1.807) is 58.9 Å². The Morgan fingerprint density at radius 2 is 1.64 bits per heavy atom. The molecule has 1 aliphatic rings. The molecule has 1 fully saturated rings. The average molecular weight is 597 g/mol. The summed E-state index contributed by atoms with van der Waals surface area (Å²) >= 11 is 0. The van der Waals surface area contributed by atoms with Crippen LogP contribution in [0.5, 0.6) is 0 Å². The lowest BCUT2D eigenvalue weighted by atomic mass is 9.90. The summed E-state index contributed by atoms with van der Waals surface area (Å²) in [4.78, 5) is 52.5.